The van der Waals surface area contributed by atoms with E-state index in [0.717, 1.165) is 17.9 Å². The van der Waals surface area contributed by atoms with Crippen molar-refractivity contribution >= 4 is 17.5 Å². The van der Waals surface area contributed by atoms with E-state index in [1.54, 1.807) is 6.07 Å². The van der Waals surface area contributed by atoms with Crippen molar-refractivity contribution in [2.45, 2.75) is 31.9 Å². The van der Waals surface area contributed by atoms with E-state index in [1.165, 1.54) is 17.7 Å². The van der Waals surface area contributed by atoms with Crippen molar-refractivity contribution < 1.29 is 15.0 Å². The zero-order valence-corrected chi connectivity index (χ0v) is 14.8. The number of rotatable bonds is 8. The lowest BCUT2D eigenvalue weighted by molar-refractivity contribution is 0.0997. The molecule has 0 fully saturated rings. The first-order valence-electron chi connectivity index (χ1n) is 8.15. The third kappa shape index (κ3) is 5.74. The van der Waals surface area contributed by atoms with E-state index in [4.69, 9.17) is 17.3 Å². The smallest absolute Gasteiger partial charge is 0.252 e. The first-order chi connectivity index (χ1) is 11.9. The van der Waals surface area contributed by atoms with Crippen LogP contribution in [-0.4, -0.2) is 28.7 Å². The summed E-state index contributed by atoms with van der Waals surface area (Å²) in [5, 5.41) is 23.9. The number of hydrogen-bond donors (Lipinski definition) is 4. The highest BCUT2D eigenvalue weighted by Crippen LogP contribution is 2.22. The number of aryl methyl sites for hydroxylation is 1. The molecule has 2 rings (SSSR count). The Morgan fingerprint density at radius 3 is 2.56 bits per heavy atom. The molecule has 1 amide bonds. The monoisotopic (exact) mass is 362 g/mol. The standard InChI is InChI=1S/C19H23ClN2O3/c1-12(2-3-13-4-7-15(20)8-5-13)22-11-18(24)14-6-9-17(23)16(10-14)19(21)25/h4-10,12,18,22-24H,2-3,11H2,1H3,(H2,21,25). The molecule has 2 aromatic carbocycles. The minimum atomic E-state index is -0.795. The quantitative estimate of drug-likeness (QED) is 0.580. The summed E-state index contributed by atoms with van der Waals surface area (Å²) < 4.78 is 0. The van der Waals surface area contributed by atoms with Crippen molar-refractivity contribution in [2.24, 2.45) is 5.73 Å². The summed E-state index contributed by atoms with van der Waals surface area (Å²) in [6, 6.07) is 12.3. The second kappa shape index (κ2) is 8.85. The Hall–Kier alpha value is -2.08. The van der Waals surface area contributed by atoms with Crippen LogP contribution < -0.4 is 11.1 Å². The number of nitrogens with one attached hydrogen (secondary N) is 1. The van der Waals surface area contributed by atoms with Crippen LogP contribution in [0.1, 0.15) is 40.9 Å². The molecule has 0 radical (unpaired) electrons. The molecule has 0 aliphatic heterocycles. The van der Waals surface area contributed by atoms with Gasteiger partial charge in [0, 0.05) is 17.6 Å². The van der Waals surface area contributed by atoms with Gasteiger partial charge in [-0.2, -0.15) is 0 Å². The lowest BCUT2D eigenvalue weighted by atomic mass is 10.0. The number of primary amides is 1. The Balaban J connectivity index is 1.84. The number of aliphatic hydroxyl groups is 1. The maximum absolute atomic E-state index is 11.3. The van der Waals surface area contributed by atoms with Gasteiger partial charge in [0.2, 0.25) is 0 Å². The average Bonchev–Trinajstić information content (AvgIpc) is 2.59. The normalized spacial score (nSPS) is 13.4. The molecule has 0 bridgehead atoms. The number of nitrogens with two attached hydrogens (primary N) is 1. The van der Waals surface area contributed by atoms with Gasteiger partial charge in [-0.25, -0.2) is 0 Å². The van der Waals surface area contributed by atoms with Crippen molar-refractivity contribution in [3.63, 3.8) is 0 Å². The van der Waals surface area contributed by atoms with Crippen LogP contribution in [0.15, 0.2) is 42.5 Å². The summed E-state index contributed by atoms with van der Waals surface area (Å²) in [5.74, 6) is -0.913. The van der Waals surface area contributed by atoms with Crippen LogP contribution in [0, 0.1) is 0 Å². The van der Waals surface area contributed by atoms with Gasteiger partial charge in [-0.1, -0.05) is 29.8 Å². The summed E-state index contributed by atoms with van der Waals surface area (Å²) in [6.45, 7) is 2.39. The van der Waals surface area contributed by atoms with Gasteiger partial charge in [-0.3, -0.25) is 4.79 Å². The van der Waals surface area contributed by atoms with Crippen LogP contribution in [0.4, 0.5) is 0 Å². The zero-order chi connectivity index (χ0) is 18.4. The minimum Gasteiger partial charge on any atom is -0.507 e. The van der Waals surface area contributed by atoms with E-state index in [-0.39, 0.29) is 17.4 Å². The van der Waals surface area contributed by atoms with E-state index in [9.17, 15) is 15.0 Å². The van der Waals surface area contributed by atoms with Gasteiger partial charge in [-0.05, 0) is 55.2 Å². The summed E-state index contributed by atoms with van der Waals surface area (Å²) in [6.07, 6.45) is 1.03. The average molecular weight is 363 g/mol. The van der Waals surface area contributed by atoms with E-state index < -0.39 is 12.0 Å². The molecule has 5 N–H and O–H groups in total. The van der Waals surface area contributed by atoms with Crippen LogP contribution in [0.5, 0.6) is 5.75 Å². The predicted molar refractivity (Wildman–Crippen MR) is 98.8 cm³/mol. The van der Waals surface area contributed by atoms with Crippen LogP contribution in [-0.2, 0) is 6.42 Å². The largest absolute Gasteiger partial charge is 0.507 e. The van der Waals surface area contributed by atoms with E-state index in [0.29, 0.717) is 12.1 Å². The van der Waals surface area contributed by atoms with Crippen molar-refractivity contribution in [3.8, 4) is 5.75 Å². The molecule has 0 saturated carbocycles. The van der Waals surface area contributed by atoms with Gasteiger partial charge >= 0.3 is 0 Å². The maximum atomic E-state index is 11.3. The molecule has 2 unspecified atom stereocenters. The second-order valence-corrected chi connectivity index (χ2v) is 6.57. The number of carbonyl (C=O) groups is 1. The van der Waals surface area contributed by atoms with Gasteiger partial charge in [0.05, 0.1) is 11.7 Å². The van der Waals surface area contributed by atoms with Crippen molar-refractivity contribution in [1.29, 1.82) is 0 Å². The number of amides is 1. The Morgan fingerprint density at radius 1 is 1.24 bits per heavy atom. The lowest BCUT2D eigenvalue weighted by Crippen LogP contribution is -2.31. The highest BCUT2D eigenvalue weighted by Gasteiger charge is 2.14. The molecule has 6 heteroatoms. The van der Waals surface area contributed by atoms with Crippen molar-refractivity contribution in [2.75, 3.05) is 6.54 Å². The molecule has 2 aromatic rings. The summed E-state index contributed by atoms with van der Waals surface area (Å²) >= 11 is 5.87. The van der Waals surface area contributed by atoms with Gasteiger partial charge in [0.25, 0.3) is 5.91 Å². The molecule has 0 saturated heterocycles. The fourth-order valence-corrected chi connectivity index (χ4v) is 2.65. The van der Waals surface area contributed by atoms with Gasteiger partial charge in [-0.15, -0.1) is 0 Å². The van der Waals surface area contributed by atoms with E-state index >= 15 is 0 Å². The molecule has 2 atom stereocenters. The van der Waals surface area contributed by atoms with Gasteiger partial charge < -0.3 is 21.3 Å². The minimum absolute atomic E-state index is 0.00679. The van der Waals surface area contributed by atoms with Gasteiger partial charge in [0.15, 0.2) is 0 Å². The SMILES string of the molecule is CC(CCc1ccc(Cl)cc1)NCC(O)c1ccc(O)c(C(N)=O)c1. The fraction of sp³-hybridized carbons (Fsp3) is 0.316. The molecule has 0 aromatic heterocycles. The molecular formula is C19H23ClN2O3. The molecule has 5 nitrogen and oxygen atoms in total. The summed E-state index contributed by atoms with van der Waals surface area (Å²) in [5.41, 5.74) is 6.96. The van der Waals surface area contributed by atoms with Crippen LogP contribution >= 0.6 is 11.6 Å². The number of benzene rings is 2. The molecule has 0 aliphatic rings. The molecule has 25 heavy (non-hydrogen) atoms. The van der Waals surface area contributed by atoms with E-state index in [1.807, 2.05) is 31.2 Å². The fourth-order valence-electron chi connectivity index (χ4n) is 2.53. The Kier molecular flexibility index (Phi) is 6.82. The topological polar surface area (TPSA) is 95.6 Å². The summed E-state index contributed by atoms with van der Waals surface area (Å²) in [7, 11) is 0. The lowest BCUT2D eigenvalue weighted by Gasteiger charge is -2.18. The van der Waals surface area contributed by atoms with Gasteiger partial charge in [0.1, 0.15) is 5.75 Å². The Morgan fingerprint density at radius 2 is 1.92 bits per heavy atom. The number of aromatic hydroxyl groups is 1. The predicted octanol–water partition coefficient (Wildman–Crippen LogP) is 2.79. The number of aliphatic hydroxyl groups excluding tert-OH is 1. The third-order valence-electron chi connectivity index (χ3n) is 4.11. The number of halogens is 1. The molecule has 0 heterocycles. The molecule has 134 valence electrons. The Bertz CT molecular complexity index is 719. The zero-order valence-electron chi connectivity index (χ0n) is 14.1. The molecule has 0 aliphatic carbocycles. The first-order valence-corrected chi connectivity index (χ1v) is 8.53. The Labute approximate surface area is 152 Å². The second-order valence-electron chi connectivity index (χ2n) is 6.13. The first kappa shape index (κ1) is 19.2. The maximum Gasteiger partial charge on any atom is 0.252 e. The molecule has 0 spiro atoms. The summed E-state index contributed by atoms with van der Waals surface area (Å²) in [4.78, 5) is 11.3. The van der Waals surface area contributed by atoms with Crippen molar-refractivity contribution in [3.05, 3.63) is 64.2 Å². The number of carbonyl (C=O) groups excluding carboxylic acids is 1. The molecular weight excluding hydrogens is 340 g/mol. The van der Waals surface area contributed by atoms with Crippen LogP contribution in [0.3, 0.4) is 0 Å². The highest BCUT2D eigenvalue weighted by molar-refractivity contribution is 6.30. The van der Waals surface area contributed by atoms with Crippen LogP contribution in [0.25, 0.3) is 0 Å². The highest BCUT2D eigenvalue weighted by atomic mass is 35.5. The third-order valence-corrected chi connectivity index (χ3v) is 4.36. The van der Waals surface area contributed by atoms with E-state index in [2.05, 4.69) is 5.32 Å². The number of hydrogen-bond acceptors (Lipinski definition) is 4. The van der Waals surface area contributed by atoms with Crippen LogP contribution in [0.2, 0.25) is 5.02 Å². The number of phenols is 1. The van der Waals surface area contributed by atoms with Crippen molar-refractivity contribution in [1.82, 2.24) is 5.32 Å².